The molecule has 1 saturated heterocycles. The van der Waals surface area contributed by atoms with Crippen LogP contribution in [0.2, 0.25) is 0 Å². The highest BCUT2D eigenvalue weighted by Crippen LogP contribution is 2.25. The second-order valence-electron chi connectivity index (χ2n) is 6.40. The molecule has 1 aliphatic rings. The van der Waals surface area contributed by atoms with E-state index in [1.54, 1.807) is 13.2 Å². The summed E-state index contributed by atoms with van der Waals surface area (Å²) in [4.78, 5) is 21.8. The average Bonchev–Trinajstić information content (AvgIpc) is 2.62. The van der Waals surface area contributed by atoms with Gasteiger partial charge in [0, 0.05) is 30.8 Å². The molecule has 0 aliphatic carbocycles. The number of aromatic nitrogens is 2. The second kappa shape index (κ2) is 7.62. The van der Waals surface area contributed by atoms with Crippen LogP contribution in [0.15, 0.2) is 35.1 Å². The van der Waals surface area contributed by atoms with Crippen LogP contribution in [0.5, 0.6) is 5.75 Å². The highest BCUT2D eigenvalue weighted by atomic mass is 16.5. The molecular formula is C19H25N3O2. The van der Waals surface area contributed by atoms with Gasteiger partial charge in [-0.05, 0) is 43.5 Å². The Bertz CT molecular complexity index is 724. The number of hydrogen-bond acceptors (Lipinski definition) is 4. The summed E-state index contributed by atoms with van der Waals surface area (Å²) in [6, 6.07) is 9.82. The SMILES string of the molecule is CCc1cc(=O)[nH]c(C2CCCN(Cc3ccc(OC)cc3)C2)n1. The van der Waals surface area contributed by atoms with Crippen LogP contribution < -0.4 is 10.3 Å². The Kier molecular flexibility index (Phi) is 5.30. The largest absolute Gasteiger partial charge is 0.497 e. The molecule has 0 saturated carbocycles. The minimum absolute atomic E-state index is 0.0378. The summed E-state index contributed by atoms with van der Waals surface area (Å²) in [6.45, 7) is 4.96. The third-order valence-electron chi connectivity index (χ3n) is 4.63. The first-order chi connectivity index (χ1) is 11.7. The molecule has 0 spiro atoms. The lowest BCUT2D eigenvalue weighted by atomic mass is 9.96. The third kappa shape index (κ3) is 4.03. The number of likely N-dealkylation sites (tertiary alicyclic amines) is 1. The van der Waals surface area contributed by atoms with E-state index in [-0.39, 0.29) is 5.56 Å². The van der Waals surface area contributed by atoms with Crippen LogP contribution in [0.3, 0.4) is 0 Å². The Labute approximate surface area is 142 Å². The van der Waals surface area contributed by atoms with E-state index in [1.165, 1.54) is 5.56 Å². The Morgan fingerprint density at radius 1 is 1.33 bits per heavy atom. The summed E-state index contributed by atoms with van der Waals surface area (Å²) in [5.41, 5.74) is 2.12. The summed E-state index contributed by atoms with van der Waals surface area (Å²) in [5.74, 6) is 2.03. The highest BCUT2D eigenvalue weighted by Gasteiger charge is 2.23. The smallest absolute Gasteiger partial charge is 0.251 e. The first kappa shape index (κ1) is 16.7. The first-order valence-electron chi connectivity index (χ1n) is 8.63. The predicted octanol–water partition coefficient (Wildman–Crippen LogP) is 2.72. The van der Waals surface area contributed by atoms with Gasteiger partial charge in [-0.25, -0.2) is 4.98 Å². The van der Waals surface area contributed by atoms with Crippen molar-refractivity contribution in [1.29, 1.82) is 0 Å². The second-order valence-corrected chi connectivity index (χ2v) is 6.40. The molecule has 1 aromatic carbocycles. The van der Waals surface area contributed by atoms with Crippen molar-refractivity contribution in [2.45, 2.75) is 38.6 Å². The zero-order valence-electron chi connectivity index (χ0n) is 14.4. The molecule has 24 heavy (non-hydrogen) atoms. The fourth-order valence-electron chi connectivity index (χ4n) is 3.31. The van der Waals surface area contributed by atoms with Gasteiger partial charge in [0.25, 0.3) is 5.56 Å². The lowest BCUT2D eigenvalue weighted by Gasteiger charge is -2.32. The number of piperidine rings is 1. The molecule has 128 valence electrons. The van der Waals surface area contributed by atoms with Gasteiger partial charge in [-0.15, -0.1) is 0 Å². The summed E-state index contributed by atoms with van der Waals surface area (Å²) >= 11 is 0. The van der Waals surface area contributed by atoms with Crippen molar-refractivity contribution in [2.24, 2.45) is 0 Å². The maximum Gasteiger partial charge on any atom is 0.251 e. The van der Waals surface area contributed by atoms with Crippen molar-refractivity contribution in [1.82, 2.24) is 14.9 Å². The molecular weight excluding hydrogens is 302 g/mol. The van der Waals surface area contributed by atoms with Crippen LogP contribution in [0, 0.1) is 0 Å². The number of aromatic amines is 1. The maximum absolute atomic E-state index is 11.8. The number of nitrogens with one attached hydrogen (secondary N) is 1. The maximum atomic E-state index is 11.8. The quantitative estimate of drug-likeness (QED) is 0.917. The highest BCUT2D eigenvalue weighted by molar-refractivity contribution is 5.27. The first-order valence-corrected chi connectivity index (χ1v) is 8.63. The molecule has 1 aliphatic heterocycles. The van der Waals surface area contributed by atoms with E-state index >= 15 is 0 Å². The van der Waals surface area contributed by atoms with Crippen LogP contribution in [0.4, 0.5) is 0 Å². The van der Waals surface area contributed by atoms with Crippen molar-refractivity contribution in [2.75, 3.05) is 20.2 Å². The van der Waals surface area contributed by atoms with Gasteiger partial charge in [-0.3, -0.25) is 9.69 Å². The number of rotatable bonds is 5. The van der Waals surface area contributed by atoms with E-state index in [1.807, 2.05) is 19.1 Å². The van der Waals surface area contributed by atoms with Crippen LogP contribution in [-0.2, 0) is 13.0 Å². The molecule has 1 unspecified atom stereocenters. The minimum Gasteiger partial charge on any atom is -0.497 e. The van der Waals surface area contributed by atoms with E-state index in [0.717, 1.165) is 56.2 Å². The zero-order valence-corrected chi connectivity index (χ0v) is 14.4. The summed E-state index contributed by atoms with van der Waals surface area (Å²) < 4.78 is 5.21. The van der Waals surface area contributed by atoms with Gasteiger partial charge < -0.3 is 9.72 Å². The van der Waals surface area contributed by atoms with Gasteiger partial charge in [-0.1, -0.05) is 19.1 Å². The van der Waals surface area contributed by atoms with Crippen molar-refractivity contribution in [3.8, 4) is 5.75 Å². The van der Waals surface area contributed by atoms with Crippen LogP contribution in [0.25, 0.3) is 0 Å². The van der Waals surface area contributed by atoms with E-state index < -0.39 is 0 Å². The molecule has 2 aromatic rings. The number of hydrogen-bond donors (Lipinski definition) is 1. The number of nitrogens with zero attached hydrogens (tertiary/aromatic N) is 2. The van der Waals surface area contributed by atoms with Gasteiger partial charge >= 0.3 is 0 Å². The summed E-state index contributed by atoms with van der Waals surface area (Å²) in [6.07, 6.45) is 3.00. The monoisotopic (exact) mass is 327 g/mol. The molecule has 1 fully saturated rings. The zero-order chi connectivity index (χ0) is 16.9. The van der Waals surface area contributed by atoms with Crippen molar-refractivity contribution < 1.29 is 4.74 Å². The molecule has 1 N–H and O–H groups in total. The molecule has 0 radical (unpaired) electrons. The van der Waals surface area contributed by atoms with Gasteiger partial charge in [0.15, 0.2) is 0 Å². The normalized spacial score (nSPS) is 18.5. The van der Waals surface area contributed by atoms with Crippen LogP contribution in [0.1, 0.15) is 42.8 Å². The number of ether oxygens (including phenoxy) is 1. The number of benzene rings is 1. The third-order valence-corrected chi connectivity index (χ3v) is 4.63. The molecule has 1 aromatic heterocycles. The molecule has 2 heterocycles. The van der Waals surface area contributed by atoms with Crippen molar-refractivity contribution in [3.05, 3.63) is 57.8 Å². The van der Waals surface area contributed by atoms with Gasteiger partial charge in [0.05, 0.1) is 7.11 Å². The van der Waals surface area contributed by atoms with Gasteiger partial charge in [0.1, 0.15) is 11.6 Å². The Morgan fingerprint density at radius 2 is 2.12 bits per heavy atom. The number of methoxy groups -OCH3 is 1. The van der Waals surface area contributed by atoms with E-state index in [2.05, 4.69) is 27.0 Å². The fraction of sp³-hybridized carbons (Fsp3) is 0.474. The lowest BCUT2D eigenvalue weighted by molar-refractivity contribution is 0.196. The van der Waals surface area contributed by atoms with Gasteiger partial charge in [-0.2, -0.15) is 0 Å². The number of H-pyrrole nitrogens is 1. The molecule has 5 heteroatoms. The Balaban J connectivity index is 1.69. The average molecular weight is 327 g/mol. The molecule has 5 nitrogen and oxygen atoms in total. The van der Waals surface area contributed by atoms with Crippen LogP contribution in [-0.4, -0.2) is 35.1 Å². The molecule has 1 atom stereocenters. The topological polar surface area (TPSA) is 58.2 Å². The fourth-order valence-corrected chi connectivity index (χ4v) is 3.31. The van der Waals surface area contributed by atoms with E-state index in [0.29, 0.717) is 5.92 Å². The van der Waals surface area contributed by atoms with Crippen LogP contribution >= 0.6 is 0 Å². The van der Waals surface area contributed by atoms with Gasteiger partial charge in [0.2, 0.25) is 0 Å². The lowest BCUT2D eigenvalue weighted by Crippen LogP contribution is -2.35. The minimum atomic E-state index is -0.0378. The predicted molar refractivity (Wildman–Crippen MR) is 94.5 cm³/mol. The van der Waals surface area contributed by atoms with Crippen molar-refractivity contribution in [3.63, 3.8) is 0 Å². The Hall–Kier alpha value is -2.14. The summed E-state index contributed by atoms with van der Waals surface area (Å²) in [5, 5.41) is 0. The number of aryl methyl sites for hydroxylation is 1. The Morgan fingerprint density at radius 3 is 2.83 bits per heavy atom. The molecule has 3 rings (SSSR count). The van der Waals surface area contributed by atoms with E-state index in [9.17, 15) is 4.79 Å². The summed E-state index contributed by atoms with van der Waals surface area (Å²) in [7, 11) is 1.68. The van der Waals surface area contributed by atoms with Crippen molar-refractivity contribution >= 4 is 0 Å². The molecule has 0 bridgehead atoms. The van der Waals surface area contributed by atoms with E-state index in [4.69, 9.17) is 4.74 Å². The standard InChI is InChI=1S/C19H25N3O2/c1-3-16-11-18(23)21-19(20-16)15-5-4-10-22(13-15)12-14-6-8-17(24-2)9-7-14/h6-9,11,15H,3-5,10,12-13H2,1-2H3,(H,20,21,23). The molecule has 0 amide bonds.